The van der Waals surface area contributed by atoms with Gasteiger partial charge in [0, 0.05) is 18.7 Å². The topological polar surface area (TPSA) is 50.4 Å². The molecule has 16 heavy (non-hydrogen) atoms. The number of amides is 1. The predicted octanol–water partition coefficient (Wildman–Crippen LogP) is 0.914. The molecule has 3 atom stereocenters. The molecule has 1 fully saturated rings. The fraction of sp³-hybridized carbons (Fsp3) is 0.917. The van der Waals surface area contributed by atoms with E-state index < -0.39 is 0 Å². The number of rotatable bonds is 5. The Kier molecular flexibility index (Phi) is 5.22. The molecule has 1 saturated heterocycles. The molecule has 0 spiro atoms. The van der Waals surface area contributed by atoms with Gasteiger partial charge in [0.2, 0.25) is 5.91 Å². The maximum absolute atomic E-state index is 11.6. The van der Waals surface area contributed by atoms with E-state index in [4.69, 9.17) is 4.74 Å². The summed E-state index contributed by atoms with van der Waals surface area (Å²) in [5.41, 5.74) is 0. The van der Waals surface area contributed by atoms with Crippen LogP contribution in [-0.4, -0.2) is 37.2 Å². The van der Waals surface area contributed by atoms with Gasteiger partial charge in [-0.2, -0.15) is 0 Å². The summed E-state index contributed by atoms with van der Waals surface area (Å²) in [5, 5.41) is 6.21. The zero-order valence-electron chi connectivity index (χ0n) is 10.7. The van der Waals surface area contributed by atoms with Crippen LogP contribution in [0.25, 0.3) is 0 Å². The van der Waals surface area contributed by atoms with Crippen LogP contribution in [0.3, 0.4) is 0 Å². The van der Waals surface area contributed by atoms with E-state index in [1.807, 2.05) is 13.8 Å². The second kappa shape index (κ2) is 6.21. The summed E-state index contributed by atoms with van der Waals surface area (Å²) in [4.78, 5) is 11.6. The van der Waals surface area contributed by atoms with Crippen molar-refractivity contribution in [3.8, 4) is 0 Å². The van der Waals surface area contributed by atoms with Gasteiger partial charge in [-0.15, -0.1) is 0 Å². The van der Waals surface area contributed by atoms with Gasteiger partial charge in [0.05, 0.1) is 12.6 Å². The van der Waals surface area contributed by atoms with Gasteiger partial charge in [0.15, 0.2) is 0 Å². The summed E-state index contributed by atoms with van der Waals surface area (Å²) in [6, 6.07) is 0.548. The minimum Gasteiger partial charge on any atom is -0.377 e. The quantitative estimate of drug-likeness (QED) is 0.735. The first-order valence-corrected chi connectivity index (χ1v) is 6.15. The molecular formula is C12H24N2O2. The molecule has 2 N–H and O–H groups in total. The Morgan fingerprint density at radius 2 is 2.12 bits per heavy atom. The third kappa shape index (κ3) is 4.10. The van der Waals surface area contributed by atoms with Crippen molar-refractivity contribution in [3.05, 3.63) is 0 Å². The number of hydrogen-bond donors (Lipinski definition) is 2. The molecule has 4 nitrogen and oxygen atoms in total. The van der Waals surface area contributed by atoms with Gasteiger partial charge in [0.25, 0.3) is 0 Å². The van der Waals surface area contributed by atoms with Crippen LogP contribution >= 0.6 is 0 Å². The zero-order valence-corrected chi connectivity index (χ0v) is 10.7. The summed E-state index contributed by atoms with van der Waals surface area (Å²) in [7, 11) is 0. The van der Waals surface area contributed by atoms with Gasteiger partial charge < -0.3 is 15.4 Å². The van der Waals surface area contributed by atoms with Crippen LogP contribution in [0.1, 0.15) is 34.1 Å². The zero-order chi connectivity index (χ0) is 12.1. The van der Waals surface area contributed by atoms with E-state index >= 15 is 0 Å². The molecule has 1 amide bonds. The Morgan fingerprint density at radius 1 is 1.44 bits per heavy atom. The number of carbonyl (C=O) groups excluding carboxylic acids is 1. The molecule has 4 heteroatoms. The first-order chi connectivity index (χ1) is 7.50. The molecule has 94 valence electrons. The largest absolute Gasteiger partial charge is 0.377 e. The van der Waals surface area contributed by atoms with Crippen LogP contribution in [0.5, 0.6) is 0 Å². The van der Waals surface area contributed by atoms with Crippen LogP contribution in [0.2, 0.25) is 0 Å². The van der Waals surface area contributed by atoms with E-state index in [0.717, 1.165) is 13.0 Å². The van der Waals surface area contributed by atoms with E-state index in [2.05, 4.69) is 24.5 Å². The van der Waals surface area contributed by atoms with Crippen LogP contribution in [0.15, 0.2) is 0 Å². The summed E-state index contributed by atoms with van der Waals surface area (Å²) >= 11 is 0. The second-order valence-electron chi connectivity index (χ2n) is 4.95. The van der Waals surface area contributed by atoms with Gasteiger partial charge in [-0.25, -0.2) is 0 Å². The molecule has 1 aliphatic rings. The van der Waals surface area contributed by atoms with E-state index in [1.165, 1.54) is 0 Å². The Labute approximate surface area is 98.1 Å². The van der Waals surface area contributed by atoms with Crippen molar-refractivity contribution in [2.45, 2.75) is 52.3 Å². The Hall–Kier alpha value is -0.610. The minimum absolute atomic E-state index is 0.0697. The normalized spacial score (nSPS) is 27.1. The summed E-state index contributed by atoms with van der Waals surface area (Å²) in [6.45, 7) is 9.46. The highest BCUT2D eigenvalue weighted by atomic mass is 16.5. The van der Waals surface area contributed by atoms with Crippen molar-refractivity contribution in [1.29, 1.82) is 0 Å². The minimum atomic E-state index is 0.0697. The summed E-state index contributed by atoms with van der Waals surface area (Å²) < 4.78 is 5.42. The van der Waals surface area contributed by atoms with Gasteiger partial charge in [-0.3, -0.25) is 4.79 Å². The molecule has 0 aromatic heterocycles. The summed E-state index contributed by atoms with van der Waals surface area (Å²) in [6.07, 6.45) is 1.21. The van der Waals surface area contributed by atoms with Crippen molar-refractivity contribution in [2.75, 3.05) is 13.2 Å². The third-order valence-corrected chi connectivity index (χ3v) is 3.29. The van der Waals surface area contributed by atoms with Crippen molar-refractivity contribution >= 4 is 5.91 Å². The maximum atomic E-state index is 11.6. The van der Waals surface area contributed by atoms with Crippen LogP contribution in [0.4, 0.5) is 0 Å². The van der Waals surface area contributed by atoms with E-state index in [0.29, 0.717) is 18.5 Å². The third-order valence-electron chi connectivity index (χ3n) is 3.29. The van der Waals surface area contributed by atoms with E-state index in [-0.39, 0.29) is 18.1 Å². The average molecular weight is 228 g/mol. The molecule has 1 aliphatic heterocycles. The predicted molar refractivity (Wildman–Crippen MR) is 64.3 cm³/mol. The van der Waals surface area contributed by atoms with Crippen molar-refractivity contribution in [1.82, 2.24) is 10.6 Å². The van der Waals surface area contributed by atoms with E-state index in [9.17, 15) is 4.79 Å². The van der Waals surface area contributed by atoms with E-state index in [1.54, 1.807) is 0 Å². The summed E-state index contributed by atoms with van der Waals surface area (Å²) in [5.74, 6) is 0.540. The lowest BCUT2D eigenvalue weighted by Crippen LogP contribution is -2.45. The lowest BCUT2D eigenvalue weighted by Gasteiger charge is -2.19. The molecular weight excluding hydrogens is 204 g/mol. The second-order valence-corrected chi connectivity index (χ2v) is 4.95. The molecule has 0 aromatic rings. The van der Waals surface area contributed by atoms with Gasteiger partial charge >= 0.3 is 0 Å². The Morgan fingerprint density at radius 3 is 2.62 bits per heavy atom. The fourth-order valence-corrected chi connectivity index (χ4v) is 1.70. The molecule has 3 unspecified atom stereocenters. The molecule has 0 radical (unpaired) electrons. The highest BCUT2D eigenvalue weighted by Crippen LogP contribution is 2.11. The molecule has 1 heterocycles. The SMILES string of the molecule is CC(C)C(C)NC(=O)CNC1CCOC1C. The van der Waals surface area contributed by atoms with Gasteiger partial charge in [-0.1, -0.05) is 13.8 Å². The lowest BCUT2D eigenvalue weighted by molar-refractivity contribution is -0.121. The smallest absolute Gasteiger partial charge is 0.234 e. The standard InChI is InChI=1S/C12H24N2O2/c1-8(2)9(3)14-12(15)7-13-11-5-6-16-10(11)4/h8-11,13H,5-7H2,1-4H3,(H,14,15). The maximum Gasteiger partial charge on any atom is 0.234 e. The Bertz CT molecular complexity index is 231. The monoisotopic (exact) mass is 228 g/mol. The van der Waals surface area contributed by atoms with Gasteiger partial charge in [-0.05, 0) is 26.2 Å². The Balaban J connectivity index is 2.19. The number of hydrogen-bond acceptors (Lipinski definition) is 3. The van der Waals surface area contributed by atoms with Gasteiger partial charge in [0.1, 0.15) is 0 Å². The average Bonchev–Trinajstić information content (AvgIpc) is 2.61. The van der Waals surface area contributed by atoms with Crippen molar-refractivity contribution in [3.63, 3.8) is 0 Å². The first-order valence-electron chi connectivity index (χ1n) is 6.15. The molecule has 0 aromatic carbocycles. The van der Waals surface area contributed by atoms with Crippen LogP contribution in [-0.2, 0) is 9.53 Å². The van der Waals surface area contributed by atoms with Crippen LogP contribution in [0, 0.1) is 5.92 Å². The highest BCUT2D eigenvalue weighted by molar-refractivity contribution is 5.78. The first kappa shape index (κ1) is 13.5. The van der Waals surface area contributed by atoms with Crippen LogP contribution < -0.4 is 10.6 Å². The number of nitrogens with one attached hydrogen (secondary N) is 2. The molecule has 0 bridgehead atoms. The number of ether oxygens (including phenoxy) is 1. The lowest BCUT2D eigenvalue weighted by atomic mass is 10.1. The highest BCUT2D eigenvalue weighted by Gasteiger charge is 2.24. The van der Waals surface area contributed by atoms with Crippen molar-refractivity contribution < 1.29 is 9.53 Å². The number of carbonyl (C=O) groups is 1. The fourth-order valence-electron chi connectivity index (χ4n) is 1.70. The molecule has 1 rings (SSSR count). The molecule has 0 aliphatic carbocycles. The van der Waals surface area contributed by atoms with Crippen molar-refractivity contribution in [2.24, 2.45) is 5.92 Å². The molecule has 0 saturated carbocycles.